The molecular formula is C18H11IN2O2S. The van der Waals surface area contributed by atoms with Crippen LogP contribution in [-0.4, -0.2) is 16.0 Å². The number of benzene rings is 2. The Morgan fingerprint density at radius 3 is 2.38 bits per heavy atom. The Morgan fingerprint density at radius 1 is 1.08 bits per heavy atom. The second-order valence-electron chi connectivity index (χ2n) is 5.13. The maximum atomic E-state index is 12.5. The minimum absolute atomic E-state index is 0.265. The van der Waals surface area contributed by atoms with Crippen molar-refractivity contribution in [3.8, 4) is 6.07 Å². The molecule has 4 nitrogen and oxygen atoms in total. The number of hydrogen-bond acceptors (Lipinski definition) is 4. The monoisotopic (exact) mass is 446 g/mol. The van der Waals surface area contributed by atoms with Crippen LogP contribution in [0.5, 0.6) is 0 Å². The molecule has 24 heavy (non-hydrogen) atoms. The average Bonchev–Trinajstić information content (AvgIpc) is 2.85. The number of amides is 2. The first-order valence-corrected chi connectivity index (χ1v) is 8.96. The van der Waals surface area contributed by atoms with E-state index in [2.05, 4.69) is 22.6 Å². The first-order chi connectivity index (χ1) is 11.6. The third-order valence-corrected chi connectivity index (χ3v) is 5.09. The molecule has 2 aromatic rings. The van der Waals surface area contributed by atoms with Crippen LogP contribution in [0.4, 0.5) is 4.79 Å². The molecule has 0 spiro atoms. The highest BCUT2D eigenvalue weighted by molar-refractivity contribution is 14.1. The molecule has 2 amide bonds. The van der Waals surface area contributed by atoms with Crippen LogP contribution < -0.4 is 0 Å². The van der Waals surface area contributed by atoms with Crippen molar-refractivity contribution in [1.29, 1.82) is 5.26 Å². The summed E-state index contributed by atoms with van der Waals surface area (Å²) in [5, 5.41) is 8.54. The van der Waals surface area contributed by atoms with Gasteiger partial charge in [0.25, 0.3) is 11.1 Å². The summed E-state index contributed by atoms with van der Waals surface area (Å²) < 4.78 is 1.10. The zero-order valence-electron chi connectivity index (χ0n) is 12.4. The molecule has 118 valence electrons. The lowest BCUT2D eigenvalue weighted by Crippen LogP contribution is -2.27. The van der Waals surface area contributed by atoms with Crippen LogP contribution in [0.3, 0.4) is 0 Å². The van der Waals surface area contributed by atoms with Crippen molar-refractivity contribution in [3.63, 3.8) is 0 Å². The molecule has 1 heterocycles. The molecule has 0 radical (unpaired) electrons. The van der Waals surface area contributed by atoms with Crippen LogP contribution in [0.2, 0.25) is 0 Å². The van der Waals surface area contributed by atoms with Gasteiger partial charge in [-0.15, -0.1) is 0 Å². The van der Waals surface area contributed by atoms with Crippen LogP contribution in [0, 0.1) is 14.9 Å². The Morgan fingerprint density at radius 2 is 1.75 bits per heavy atom. The Hall–Kier alpha value is -2.11. The first kappa shape index (κ1) is 16.7. The number of nitrogens with zero attached hydrogens (tertiary/aromatic N) is 2. The van der Waals surface area contributed by atoms with Crippen LogP contribution in [0.25, 0.3) is 6.08 Å². The van der Waals surface area contributed by atoms with E-state index >= 15 is 0 Å². The average molecular weight is 446 g/mol. The first-order valence-electron chi connectivity index (χ1n) is 7.07. The Labute approximate surface area is 157 Å². The van der Waals surface area contributed by atoms with E-state index < -0.39 is 0 Å². The molecule has 1 fully saturated rings. The molecule has 0 unspecified atom stereocenters. The number of halogens is 1. The molecule has 1 saturated heterocycles. The van der Waals surface area contributed by atoms with E-state index in [-0.39, 0.29) is 17.7 Å². The zero-order valence-corrected chi connectivity index (χ0v) is 15.4. The van der Waals surface area contributed by atoms with Crippen molar-refractivity contribution in [3.05, 3.63) is 73.7 Å². The molecule has 3 rings (SSSR count). The van der Waals surface area contributed by atoms with E-state index in [0.717, 1.165) is 26.5 Å². The predicted octanol–water partition coefficient (Wildman–Crippen LogP) is 4.40. The van der Waals surface area contributed by atoms with Crippen LogP contribution in [0.1, 0.15) is 16.7 Å². The van der Waals surface area contributed by atoms with Gasteiger partial charge in [0.05, 0.1) is 23.1 Å². The second-order valence-corrected chi connectivity index (χ2v) is 7.37. The van der Waals surface area contributed by atoms with E-state index in [4.69, 9.17) is 5.26 Å². The standard InChI is InChI=1S/C18H11IN2O2S/c19-15-7-5-14(6-8-15)11-21-17(22)16(24-18(21)23)9-12-1-3-13(10-20)4-2-12/h1-9H,11H2/b16-9+. The van der Waals surface area contributed by atoms with Gasteiger partial charge >= 0.3 is 0 Å². The number of thioether (sulfide) groups is 1. The van der Waals surface area contributed by atoms with Gasteiger partial charge in [0.2, 0.25) is 0 Å². The smallest absolute Gasteiger partial charge is 0.268 e. The largest absolute Gasteiger partial charge is 0.293 e. The van der Waals surface area contributed by atoms with Gasteiger partial charge in [-0.2, -0.15) is 5.26 Å². The van der Waals surface area contributed by atoms with E-state index in [1.807, 2.05) is 30.3 Å². The van der Waals surface area contributed by atoms with Gasteiger partial charge in [-0.05, 0) is 75.8 Å². The van der Waals surface area contributed by atoms with Gasteiger partial charge in [0.15, 0.2) is 0 Å². The number of imide groups is 1. The van der Waals surface area contributed by atoms with Gasteiger partial charge in [-0.25, -0.2) is 0 Å². The fourth-order valence-corrected chi connectivity index (χ4v) is 3.41. The normalized spacial score (nSPS) is 15.8. The van der Waals surface area contributed by atoms with Crippen molar-refractivity contribution in [1.82, 2.24) is 4.90 Å². The molecule has 0 saturated carbocycles. The molecule has 1 aliphatic heterocycles. The molecule has 0 aromatic heterocycles. The molecule has 1 aliphatic rings. The van der Waals surface area contributed by atoms with E-state index in [9.17, 15) is 9.59 Å². The minimum atomic E-state index is -0.284. The number of carbonyl (C=O) groups excluding carboxylic acids is 2. The summed E-state index contributed by atoms with van der Waals surface area (Å²) in [5.41, 5.74) is 2.25. The van der Waals surface area contributed by atoms with Crippen molar-refractivity contribution in [2.75, 3.05) is 0 Å². The topological polar surface area (TPSA) is 61.2 Å². The summed E-state index contributed by atoms with van der Waals surface area (Å²) in [5.74, 6) is -0.284. The van der Waals surface area contributed by atoms with Gasteiger partial charge in [-0.1, -0.05) is 24.3 Å². The Bertz CT molecular complexity index is 867. The number of rotatable bonds is 3. The van der Waals surface area contributed by atoms with Gasteiger partial charge in [-0.3, -0.25) is 14.5 Å². The summed E-state index contributed by atoms with van der Waals surface area (Å²) in [6.45, 7) is 0.270. The SMILES string of the molecule is N#Cc1ccc(/C=C2/SC(=O)N(Cc3ccc(I)cc3)C2=O)cc1. The van der Waals surface area contributed by atoms with Crippen molar-refractivity contribution in [2.45, 2.75) is 6.54 Å². The maximum Gasteiger partial charge on any atom is 0.293 e. The number of carbonyl (C=O) groups is 2. The lowest BCUT2D eigenvalue weighted by atomic mass is 10.1. The molecule has 0 N–H and O–H groups in total. The number of hydrogen-bond donors (Lipinski definition) is 0. The van der Waals surface area contributed by atoms with Crippen molar-refractivity contribution in [2.24, 2.45) is 0 Å². The second kappa shape index (κ2) is 7.20. The summed E-state index contributed by atoms with van der Waals surface area (Å²) in [6, 6.07) is 16.6. The van der Waals surface area contributed by atoms with E-state index in [0.29, 0.717) is 10.5 Å². The maximum absolute atomic E-state index is 12.5. The Balaban J connectivity index is 1.79. The molecule has 0 atom stereocenters. The molecule has 0 aliphatic carbocycles. The van der Waals surface area contributed by atoms with E-state index in [1.54, 1.807) is 30.3 Å². The summed E-state index contributed by atoms with van der Waals surface area (Å²) in [4.78, 5) is 26.3. The highest BCUT2D eigenvalue weighted by atomic mass is 127. The summed E-state index contributed by atoms with van der Waals surface area (Å²) >= 11 is 3.15. The Kier molecular flexibility index (Phi) is 5.02. The fourth-order valence-electron chi connectivity index (χ4n) is 2.21. The lowest BCUT2D eigenvalue weighted by Gasteiger charge is -2.12. The van der Waals surface area contributed by atoms with Gasteiger partial charge in [0.1, 0.15) is 0 Å². The van der Waals surface area contributed by atoms with Gasteiger partial charge < -0.3 is 0 Å². The molecule has 2 aromatic carbocycles. The zero-order chi connectivity index (χ0) is 17.1. The highest BCUT2D eigenvalue weighted by Crippen LogP contribution is 2.33. The molecule has 0 bridgehead atoms. The number of nitriles is 1. The minimum Gasteiger partial charge on any atom is -0.268 e. The fraction of sp³-hybridized carbons (Fsp3) is 0.0556. The van der Waals surface area contributed by atoms with E-state index in [1.165, 1.54) is 4.90 Å². The molecular weight excluding hydrogens is 435 g/mol. The summed E-state index contributed by atoms with van der Waals surface area (Å²) in [7, 11) is 0. The van der Waals surface area contributed by atoms with Crippen LogP contribution in [0.15, 0.2) is 53.4 Å². The predicted molar refractivity (Wildman–Crippen MR) is 102 cm³/mol. The third-order valence-electron chi connectivity index (χ3n) is 3.47. The van der Waals surface area contributed by atoms with Gasteiger partial charge in [0, 0.05) is 3.57 Å². The van der Waals surface area contributed by atoms with Crippen molar-refractivity contribution >= 4 is 51.6 Å². The molecule has 6 heteroatoms. The lowest BCUT2D eigenvalue weighted by molar-refractivity contribution is -0.123. The van der Waals surface area contributed by atoms with Crippen molar-refractivity contribution < 1.29 is 9.59 Å². The van der Waals surface area contributed by atoms with Crippen LogP contribution >= 0.6 is 34.4 Å². The highest BCUT2D eigenvalue weighted by Gasteiger charge is 2.34. The van der Waals surface area contributed by atoms with Crippen LogP contribution in [-0.2, 0) is 11.3 Å². The third kappa shape index (κ3) is 3.68. The quantitative estimate of drug-likeness (QED) is 0.518. The summed E-state index contributed by atoms with van der Waals surface area (Å²) in [6.07, 6.45) is 1.68.